The van der Waals surface area contributed by atoms with E-state index in [1.807, 2.05) is 24.3 Å². The molecular formula is C28H28FN3O2. The van der Waals surface area contributed by atoms with E-state index in [-0.39, 0.29) is 23.7 Å². The van der Waals surface area contributed by atoms with Crippen molar-refractivity contribution < 1.29 is 13.9 Å². The highest BCUT2D eigenvalue weighted by Crippen LogP contribution is 2.24. The lowest BCUT2D eigenvalue weighted by Gasteiger charge is -2.19. The summed E-state index contributed by atoms with van der Waals surface area (Å²) in [5.74, 6) is 0.630. The number of aromatic nitrogens is 2. The van der Waals surface area contributed by atoms with Gasteiger partial charge < -0.3 is 10.1 Å². The van der Waals surface area contributed by atoms with Crippen LogP contribution in [-0.4, -0.2) is 15.7 Å². The second kappa shape index (κ2) is 9.91. The van der Waals surface area contributed by atoms with Crippen LogP contribution in [0.1, 0.15) is 47.8 Å². The second-order valence-corrected chi connectivity index (χ2v) is 9.21. The maximum absolute atomic E-state index is 13.9. The molecule has 34 heavy (non-hydrogen) atoms. The minimum Gasteiger partial charge on any atom is -0.489 e. The number of hydrogen-bond donors (Lipinski definition) is 1. The van der Waals surface area contributed by atoms with Crippen molar-refractivity contribution in [2.24, 2.45) is 0 Å². The molecule has 0 atom stereocenters. The van der Waals surface area contributed by atoms with Crippen molar-refractivity contribution in [1.29, 1.82) is 0 Å². The molecule has 1 heterocycles. The molecule has 174 valence electrons. The Hall–Kier alpha value is -3.93. The standard InChI is InChI=1S/C28H28FN3O2/c1-28(2,3)23-11-13-24(14-12-23)34-19-20-7-6-9-21(17-20)27(33)30-26-15-16-32(31-26)18-22-8-4-5-10-25(22)29/h4-17H,18-19H2,1-3H3,(H,30,31,33). The summed E-state index contributed by atoms with van der Waals surface area (Å²) in [6, 6.07) is 23.6. The monoisotopic (exact) mass is 457 g/mol. The lowest BCUT2D eigenvalue weighted by molar-refractivity contribution is 0.102. The van der Waals surface area contributed by atoms with Crippen molar-refractivity contribution in [3.05, 3.63) is 113 Å². The van der Waals surface area contributed by atoms with E-state index in [0.717, 1.165) is 11.3 Å². The lowest BCUT2D eigenvalue weighted by Crippen LogP contribution is -2.13. The molecule has 5 nitrogen and oxygen atoms in total. The number of benzene rings is 3. The van der Waals surface area contributed by atoms with Crippen LogP contribution in [0.25, 0.3) is 0 Å². The number of anilines is 1. The van der Waals surface area contributed by atoms with Gasteiger partial charge in [0.1, 0.15) is 18.2 Å². The van der Waals surface area contributed by atoms with E-state index in [1.54, 1.807) is 47.3 Å². The van der Waals surface area contributed by atoms with E-state index in [2.05, 4.69) is 43.3 Å². The van der Waals surface area contributed by atoms with Crippen molar-refractivity contribution in [3.8, 4) is 5.75 Å². The molecule has 0 spiro atoms. The molecule has 4 rings (SSSR count). The average Bonchev–Trinajstić information content (AvgIpc) is 3.26. The summed E-state index contributed by atoms with van der Waals surface area (Å²) < 4.78 is 21.4. The summed E-state index contributed by atoms with van der Waals surface area (Å²) in [6.45, 7) is 7.16. The van der Waals surface area contributed by atoms with Gasteiger partial charge in [-0.05, 0) is 46.9 Å². The molecule has 0 fully saturated rings. The number of nitrogens with zero attached hydrogens (tertiary/aromatic N) is 2. The molecular weight excluding hydrogens is 429 g/mol. The van der Waals surface area contributed by atoms with Crippen molar-refractivity contribution in [3.63, 3.8) is 0 Å². The van der Waals surface area contributed by atoms with Crippen LogP contribution >= 0.6 is 0 Å². The Morgan fingerprint density at radius 1 is 1.00 bits per heavy atom. The SMILES string of the molecule is CC(C)(C)c1ccc(OCc2cccc(C(=O)Nc3ccn(Cc4ccccc4F)n3)c2)cc1. The first-order valence-corrected chi connectivity index (χ1v) is 11.2. The zero-order valence-electron chi connectivity index (χ0n) is 19.6. The molecule has 1 amide bonds. The van der Waals surface area contributed by atoms with Crippen molar-refractivity contribution in [1.82, 2.24) is 9.78 Å². The topological polar surface area (TPSA) is 56.1 Å². The van der Waals surface area contributed by atoms with Gasteiger partial charge in [-0.25, -0.2) is 4.39 Å². The largest absolute Gasteiger partial charge is 0.489 e. The van der Waals surface area contributed by atoms with Crippen LogP contribution < -0.4 is 10.1 Å². The Bertz CT molecular complexity index is 1270. The van der Waals surface area contributed by atoms with Crippen LogP contribution in [0.4, 0.5) is 10.2 Å². The number of carbonyl (C=O) groups excluding carboxylic acids is 1. The van der Waals surface area contributed by atoms with Crippen molar-refractivity contribution in [2.75, 3.05) is 5.32 Å². The zero-order chi connectivity index (χ0) is 24.1. The van der Waals surface area contributed by atoms with Gasteiger partial charge in [0.15, 0.2) is 5.82 Å². The molecule has 0 bridgehead atoms. The van der Waals surface area contributed by atoms with Gasteiger partial charge in [0, 0.05) is 23.4 Å². The van der Waals surface area contributed by atoms with Crippen LogP contribution in [0.15, 0.2) is 85.1 Å². The van der Waals surface area contributed by atoms with E-state index in [1.165, 1.54) is 11.6 Å². The van der Waals surface area contributed by atoms with E-state index < -0.39 is 0 Å². The summed E-state index contributed by atoms with van der Waals surface area (Å²) in [6.07, 6.45) is 1.71. The van der Waals surface area contributed by atoms with Gasteiger partial charge in [-0.3, -0.25) is 9.48 Å². The van der Waals surface area contributed by atoms with E-state index in [0.29, 0.717) is 23.6 Å². The molecule has 3 aromatic carbocycles. The third-order valence-corrected chi connectivity index (χ3v) is 5.49. The summed E-state index contributed by atoms with van der Waals surface area (Å²) >= 11 is 0. The molecule has 0 radical (unpaired) electrons. The molecule has 1 aromatic heterocycles. The predicted molar refractivity (Wildman–Crippen MR) is 132 cm³/mol. The highest BCUT2D eigenvalue weighted by molar-refractivity contribution is 6.03. The van der Waals surface area contributed by atoms with Crippen molar-refractivity contribution >= 4 is 11.7 Å². The van der Waals surface area contributed by atoms with Gasteiger partial charge in [-0.2, -0.15) is 5.10 Å². The minimum absolute atomic E-state index is 0.0911. The molecule has 0 saturated heterocycles. The highest BCUT2D eigenvalue weighted by atomic mass is 19.1. The fourth-order valence-electron chi connectivity index (χ4n) is 3.53. The lowest BCUT2D eigenvalue weighted by atomic mass is 9.87. The van der Waals surface area contributed by atoms with Gasteiger partial charge in [0.25, 0.3) is 5.91 Å². The van der Waals surface area contributed by atoms with E-state index >= 15 is 0 Å². The summed E-state index contributed by atoms with van der Waals surface area (Å²) in [5.41, 5.74) is 3.26. The Kier molecular flexibility index (Phi) is 6.77. The number of amides is 1. The van der Waals surface area contributed by atoms with Gasteiger partial charge in [-0.15, -0.1) is 0 Å². The van der Waals surface area contributed by atoms with E-state index in [9.17, 15) is 9.18 Å². The van der Waals surface area contributed by atoms with Crippen LogP contribution in [0.5, 0.6) is 5.75 Å². The Morgan fingerprint density at radius 3 is 2.50 bits per heavy atom. The van der Waals surface area contributed by atoms with Gasteiger partial charge >= 0.3 is 0 Å². The van der Waals surface area contributed by atoms with E-state index in [4.69, 9.17) is 4.74 Å². The molecule has 6 heteroatoms. The quantitative estimate of drug-likeness (QED) is 0.360. The molecule has 0 aliphatic rings. The minimum atomic E-state index is -0.284. The first kappa shape index (κ1) is 23.2. The van der Waals surface area contributed by atoms with Crippen LogP contribution in [0.3, 0.4) is 0 Å². The number of rotatable bonds is 7. The normalized spacial score (nSPS) is 11.3. The molecule has 0 saturated carbocycles. The first-order chi connectivity index (χ1) is 16.3. The molecule has 0 aliphatic heterocycles. The zero-order valence-corrected chi connectivity index (χ0v) is 19.6. The third kappa shape index (κ3) is 5.90. The molecule has 0 aliphatic carbocycles. The molecule has 1 N–H and O–H groups in total. The maximum Gasteiger partial charge on any atom is 0.256 e. The summed E-state index contributed by atoms with van der Waals surface area (Å²) in [4.78, 5) is 12.7. The molecule has 0 unspecified atom stereocenters. The third-order valence-electron chi connectivity index (χ3n) is 5.49. The summed E-state index contributed by atoms with van der Waals surface area (Å²) in [5, 5.41) is 7.12. The Morgan fingerprint density at radius 2 is 1.76 bits per heavy atom. The second-order valence-electron chi connectivity index (χ2n) is 9.21. The first-order valence-electron chi connectivity index (χ1n) is 11.2. The highest BCUT2D eigenvalue weighted by Gasteiger charge is 2.13. The van der Waals surface area contributed by atoms with Gasteiger partial charge in [0.05, 0.1) is 6.54 Å². The van der Waals surface area contributed by atoms with Gasteiger partial charge in [-0.1, -0.05) is 63.2 Å². The van der Waals surface area contributed by atoms with Crippen molar-refractivity contribution in [2.45, 2.75) is 39.3 Å². The fourth-order valence-corrected chi connectivity index (χ4v) is 3.53. The van der Waals surface area contributed by atoms with Crippen LogP contribution in [-0.2, 0) is 18.6 Å². The smallest absolute Gasteiger partial charge is 0.256 e. The summed E-state index contributed by atoms with van der Waals surface area (Å²) in [7, 11) is 0. The predicted octanol–water partition coefficient (Wildman–Crippen LogP) is 6.20. The number of hydrogen-bond acceptors (Lipinski definition) is 3. The number of nitrogens with one attached hydrogen (secondary N) is 1. The Balaban J connectivity index is 1.36. The molecule has 4 aromatic rings. The van der Waals surface area contributed by atoms with Crippen LogP contribution in [0, 0.1) is 5.82 Å². The average molecular weight is 458 g/mol. The number of halogens is 1. The number of ether oxygens (including phenoxy) is 1. The Labute approximate surface area is 199 Å². The number of carbonyl (C=O) groups is 1. The fraction of sp³-hybridized carbons (Fsp3) is 0.214. The van der Waals surface area contributed by atoms with Crippen LogP contribution in [0.2, 0.25) is 0 Å². The van der Waals surface area contributed by atoms with Gasteiger partial charge in [0.2, 0.25) is 0 Å². The maximum atomic E-state index is 13.9.